The molecule has 4 atom stereocenters. The number of carbonyl (C=O) groups is 1. The van der Waals surface area contributed by atoms with E-state index < -0.39 is 16.8 Å². The third-order valence-electron chi connectivity index (χ3n) is 5.35. The molecule has 0 radical (unpaired) electrons. The monoisotopic (exact) mass is 286 g/mol. The summed E-state index contributed by atoms with van der Waals surface area (Å²) >= 11 is 0. The SMILES string of the molecule is COC(=O)/C=C\S(=O)CC12CCC(CC1O)C2(C)C. The second-order valence-electron chi connectivity index (χ2n) is 6.22. The van der Waals surface area contributed by atoms with E-state index in [1.165, 1.54) is 18.6 Å². The molecule has 0 spiro atoms. The number of aliphatic hydroxyl groups is 1. The number of esters is 1. The van der Waals surface area contributed by atoms with Crippen molar-refractivity contribution in [1.82, 2.24) is 0 Å². The standard InChI is InChI=1S/C14H22O4S/c1-13(2)10-4-6-14(13,11(15)8-10)9-19(17)7-5-12(16)18-3/h5,7,10-11,15H,4,6,8-9H2,1-3H3/b7-5-. The zero-order valence-corrected chi connectivity index (χ0v) is 12.5. The first kappa shape index (κ1) is 14.7. The van der Waals surface area contributed by atoms with Gasteiger partial charge in [-0.15, -0.1) is 0 Å². The summed E-state index contributed by atoms with van der Waals surface area (Å²) < 4.78 is 16.6. The van der Waals surface area contributed by atoms with Crippen molar-refractivity contribution in [2.24, 2.45) is 16.7 Å². The highest BCUT2D eigenvalue weighted by Gasteiger charge is 2.63. The van der Waals surface area contributed by atoms with Crippen molar-refractivity contribution in [3.05, 3.63) is 11.5 Å². The van der Waals surface area contributed by atoms with E-state index in [0.29, 0.717) is 11.7 Å². The molecule has 108 valence electrons. The molecular formula is C14H22O4S. The molecule has 4 nitrogen and oxygen atoms in total. The quantitative estimate of drug-likeness (QED) is 0.630. The molecule has 4 unspecified atom stereocenters. The number of carbonyl (C=O) groups excluding carboxylic acids is 1. The van der Waals surface area contributed by atoms with Gasteiger partial charge in [-0.05, 0) is 30.6 Å². The van der Waals surface area contributed by atoms with Crippen molar-refractivity contribution in [2.45, 2.75) is 39.2 Å². The average Bonchev–Trinajstić information content (AvgIpc) is 2.70. The third kappa shape index (κ3) is 2.27. The molecule has 2 aliphatic carbocycles. The molecule has 2 fully saturated rings. The molecule has 0 amide bonds. The number of hydrogen-bond acceptors (Lipinski definition) is 4. The van der Waals surface area contributed by atoms with Gasteiger partial charge in [-0.25, -0.2) is 4.79 Å². The first-order valence-corrected chi connectivity index (χ1v) is 8.03. The zero-order chi connectivity index (χ0) is 14.3. The van der Waals surface area contributed by atoms with Gasteiger partial charge in [-0.3, -0.25) is 4.21 Å². The van der Waals surface area contributed by atoms with Crippen LogP contribution in [0.2, 0.25) is 0 Å². The van der Waals surface area contributed by atoms with Crippen LogP contribution in [0.15, 0.2) is 11.5 Å². The fourth-order valence-electron chi connectivity index (χ4n) is 3.88. The van der Waals surface area contributed by atoms with Crippen LogP contribution in [0.5, 0.6) is 0 Å². The summed E-state index contributed by atoms with van der Waals surface area (Å²) in [5.74, 6) is 0.441. The van der Waals surface area contributed by atoms with Gasteiger partial charge in [0.1, 0.15) is 0 Å². The summed E-state index contributed by atoms with van der Waals surface area (Å²) in [5, 5.41) is 11.7. The lowest BCUT2D eigenvalue weighted by Crippen LogP contribution is -2.43. The first-order valence-electron chi connectivity index (χ1n) is 6.65. The van der Waals surface area contributed by atoms with E-state index in [-0.39, 0.29) is 16.9 Å². The molecule has 2 aliphatic rings. The molecule has 5 heteroatoms. The van der Waals surface area contributed by atoms with Gasteiger partial charge in [-0.1, -0.05) is 13.8 Å². The van der Waals surface area contributed by atoms with Crippen molar-refractivity contribution in [1.29, 1.82) is 0 Å². The van der Waals surface area contributed by atoms with Crippen LogP contribution in [0.4, 0.5) is 0 Å². The van der Waals surface area contributed by atoms with Gasteiger partial charge in [0.25, 0.3) is 0 Å². The number of methoxy groups -OCH3 is 1. The molecule has 0 aliphatic heterocycles. The Balaban J connectivity index is 2.11. The zero-order valence-electron chi connectivity index (χ0n) is 11.7. The van der Waals surface area contributed by atoms with Crippen LogP contribution in [0.3, 0.4) is 0 Å². The molecule has 19 heavy (non-hydrogen) atoms. The van der Waals surface area contributed by atoms with Crippen LogP contribution in [0.25, 0.3) is 0 Å². The highest BCUT2D eigenvalue weighted by molar-refractivity contribution is 7.88. The van der Waals surface area contributed by atoms with Crippen molar-refractivity contribution < 1.29 is 18.8 Å². The Hall–Kier alpha value is -0.680. The van der Waals surface area contributed by atoms with Gasteiger partial charge in [0.2, 0.25) is 0 Å². The van der Waals surface area contributed by atoms with Gasteiger partial charge in [-0.2, -0.15) is 0 Å². The van der Waals surface area contributed by atoms with E-state index in [4.69, 9.17) is 0 Å². The average molecular weight is 286 g/mol. The Labute approximate surface area is 116 Å². The maximum Gasteiger partial charge on any atom is 0.331 e. The minimum Gasteiger partial charge on any atom is -0.466 e. The molecule has 0 aromatic rings. The lowest BCUT2D eigenvalue weighted by atomic mass is 9.70. The maximum atomic E-state index is 12.1. The molecule has 0 heterocycles. The van der Waals surface area contributed by atoms with Gasteiger partial charge < -0.3 is 9.84 Å². The van der Waals surface area contributed by atoms with E-state index in [1.807, 2.05) is 0 Å². The van der Waals surface area contributed by atoms with Gasteiger partial charge >= 0.3 is 5.97 Å². The van der Waals surface area contributed by atoms with E-state index in [1.54, 1.807) is 0 Å². The largest absolute Gasteiger partial charge is 0.466 e. The fourth-order valence-corrected chi connectivity index (χ4v) is 5.46. The van der Waals surface area contributed by atoms with Gasteiger partial charge in [0.15, 0.2) is 0 Å². The molecule has 2 saturated carbocycles. The minimum absolute atomic E-state index is 0.0151. The van der Waals surface area contributed by atoms with E-state index in [0.717, 1.165) is 19.3 Å². The third-order valence-corrected chi connectivity index (χ3v) is 6.58. The number of ether oxygens (including phenoxy) is 1. The Bertz CT molecular complexity index is 429. The van der Waals surface area contributed by atoms with Crippen molar-refractivity contribution in [2.75, 3.05) is 12.9 Å². The predicted octanol–water partition coefficient (Wildman–Crippen LogP) is 1.61. The summed E-state index contributed by atoms with van der Waals surface area (Å²) in [4.78, 5) is 11.0. The molecule has 2 bridgehead atoms. The van der Waals surface area contributed by atoms with Crippen LogP contribution in [-0.4, -0.2) is 34.3 Å². The maximum absolute atomic E-state index is 12.1. The smallest absolute Gasteiger partial charge is 0.331 e. The van der Waals surface area contributed by atoms with E-state index in [9.17, 15) is 14.1 Å². The topological polar surface area (TPSA) is 63.6 Å². The normalized spacial score (nSPS) is 37.7. The van der Waals surface area contributed by atoms with Crippen molar-refractivity contribution in [3.63, 3.8) is 0 Å². The lowest BCUT2D eigenvalue weighted by Gasteiger charge is -2.39. The summed E-state index contributed by atoms with van der Waals surface area (Å²) in [6.45, 7) is 4.34. The minimum atomic E-state index is -1.25. The second kappa shape index (κ2) is 5.02. The first-order chi connectivity index (χ1) is 8.83. The fraction of sp³-hybridized carbons (Fsp3) is 0.786. The molecule has 0 aromatic carbocycles. The van der Waals surface area contributed by atoms with Gasteiger partial charge in [0.05, 0.1) is 13.2 Å². The number of rotatable bonds is 4. The van der Waals surface area contributed by atoms with Crippen molar-refractivity contribution in [3.8, 4) is 0 Å². The van der Waals surface area contributed by atoms with Crippen LogP contribution < -0.4 is 0 Å². The van der Waals surface area contributed by atoms with Crippen LogP contribution in [0.1, 0.15) is 33.1 Å². The highest BCUT2D eigenvalue weighted by Crippen LogP contribution is 2.65. The predicted molar refractivity (Wildman–Crippen MR) is 73.7 cm³/mol. The van der Waals surface area contributed by atoms with Crippen LogP contribution >= 0.6 is 0 Å². The Morgan fingerprint density at radius 2 is 2.21 bits per heavy atom. The van der Waals surface area contributed by atoms with E-state index >= 15 is 0 Å². The highest BCUT2D eigenvalue weighted by atomic mass is 32.2. The Morgan fingerprint density at radius 1 is 1.53 bits per heavy atom. The molecule has 2 rings (SSSR count). The van der Waals surface area contributed by atoms with Crippen LogP contribution in [-0.2, 0) is 20.3 Å². The summed E-state index contributed by atoms with van der Waals surface area (Å²) in [5.41, 5.74) is -0.260. The Kier molecular flexibility index (Phi) is 3.89. The Morgan fingerprint density at radius 3 is 2.68 bits per heavy atom. The number of aliphatic hydroxyl groups excluding tert-OH is 1. The van der Waals surface area contributed by atoms with Crippen LogP contribution in [0, 0.1) is 16.7 Å². The second-order valence-corrected chi connectivity index (χ2v) is 7.54. The number of fused-ring (bicyclic) bond motifs is 2. The van der Waals surface area contributed by atoms with Crippen molar-refractivity contribution >= 4 is 16.8 Å². The molecule has 0 saturated heterocycles. The van der Waals surface area contributed by atoms with E-state index in [2.05, 4.69) is 18.6 Å². The number of hydrogen-bond donors (Lipinski definition) is 1. The summed E-state index contributed by atoms with van der Waals surface area (Å²) in [7, 11) is 0.0381. The lowest BCUT2D eigenvalue weighted by molar-refractivity contribution is -0.134. The van der Waals surface area contributed by atoms with Gasteiger partial charge in [0, 0.05) is 33.5 Å². The molecule has 0 aromatic heterocycles. The summed E-state index contributed by atoms with van der Waals surface area (Å²) in [6.07, 6.45) is 3.65. The summed E-state index contributed by atoms with van der Waals surface area (Å²) in [6, 6.07) is 0. The molecule has 1 N–H and O–H groups in total. The molecular weight excluding hydrogens is 264 g/mol.